The Labute approximate surface area is 121 Å². The molecule has 0 aromatic heterocycles. The molecule has 0 radical (unpaired) electrons. The fourth-order valence-electron chi connectivity index (χ4n) is 2.62. The van der Waals surface area contributed by atoms with E-state index >= 15 is 0 Å². The Bertz CT molecular complexity index is 549. The van der Waals surface area contributed by atoms with Gasteiger partial charge in [-0.15, -0.1) is 0 Å². The van der Waals surface area contributed by atoms with E-state index in [4.69, 9.17) is 16.7 Å². The van der Waals surface area contributed by atoms with Crippen molar-refractivity contribution in [2.45, 2.75) is 25.9 Å². The molecule has 108 valence electrons. The summed E-state index contributed by atoms with van der Waals surface area (Å²) in [5.74, 6) is -1.23. The summed E-state index contributed by atoms with van der Waals surface area (Å²) in [4.78, 5) is 23.6. The van der Waals surface area contributed by atoms with Crippen LogP contribution in [0.15, 0.2) is 18.2 Å². The van der Waals surface area contributed by atoms with Crippen LogP contribution in [0.25, 0.3) is 0 Å². The molecule has 0 saturated carbocycles. The van der Waals surface area contributed by atoms with Gasteiger partial charge < -0.3 is 5.11 Å². The van der Waals surface area contributed by atoms with E-state index in [2.05, 4.69) is 0 Å². The number of aliphatic carboxylic acids is 1. The SMILES string of the molecule is CC1C(C(=O)O)CCN1Cc1ccc(Cl)cc1[N+](=O)[O-]. The van der Waals surface area contributed by atoms with E-state index in [0.29, 0.717) is 30.1 Å². The summed E-state index contributed by atoms with van der Waals surface area (Å²) in [6.45, 7) is 2.82. The predicted molar refractivity (Wildman–Crippen MR) is 73.7 cm³/mol. The highest BCUT2D eigenvalue weighted by Crippen LogP contribution is 2.30. The van der Waals surface area contributed by atoms with Gasteiger partial charge in [-0.25, -0.2) is 0 Å². The normalized spacial score (nSPS) is 22.9. The summed E-state index contributed by atoms with van der Waals surface area (Å²) in [6.07, 6.45) is 0.567. The molecule has 2 unspecified atom stereocenters. The Morgan fingerprint density at radius 2 is 2.30 bits per heavy atom. The molecule has 7 heteroatoms. The van der Waals surface area contributed by atoms with Crippen LogP contribution in [0, 0.1) is 16.0 Å². The van der Waals surface area contributed by atoms with E-state index in [0.717, 1.165) is 0 Å². The van der Waals surface area contributed by atoms with Gasteiger partial charge in [0.25, 0.3) is 5.69 Å². The van der Waals surface area contributed by atoms with Crippen LogP contribution in [0.4, 0.5) is 5.69 Å². The van der Waals surface area contributed by atoms with Crippen molar-refractivity contribution < 1.29 is 14.8 Å². The summed E-state index contributed by atoms with van der Waals surface area (Å²) >= 11 is 5.78. The molecule has 0 bridgehead atoms. The van der Waals surface area contributed by atoms with Crippen LogP contribution in [0.5, 0.6) is 0 Å². The third-order valence-corrected chi connectivity index (χ3v) is 4.06. The molecular formula is C13H15ClN2O4. The highest BCUT2D eigenvalue weighted by Gasteiger charge is 2.36. The predicted octanol–water partition coefficient (Wildman–Crippen LogP) is 2.54. The van der Waals surface area contributed by atoms with Crippen molar-refractivity contribution in [1.29, 1.82) is 0 Å². The minimum absolute atomic E-state index is 0.0246. The molecule has 6 nitrogen and oxygen atoms in total. The summed E-state index contributed by atoms with van der Waals surface area (Å²) in [5.41, 5.74) is 0.528. The van der Waals surface area contributed by atoms with Crippen LogP contribution in [0.2, 0.25) is 5.02 Å². The van der Waals surface area contributed by atoms with Gasteiger partial charge in [-0.3, -0.25) is 19.8 Å². The summed E-state index contributed by atoms with van der Waals surface area (Å²) in [5, 5.41) is 20.4. The highest BCUT2D eigenvalue weighted by molar-refractivity contribution is 6.30. The van der Waals surface area contributed by atoms with Crippen molar-refractivity contribution in [2.75, 3.05) is 6.54 Å². The number of carboxylic acids is 1. The molecule has 1 aromatic rings. The first-order valence-electron chi connectivity index (χ1n) is 6.30. The van der Waals surface area contributed by atoms with Gasteiger partial charge in [0.15, 0.2) is 0 Å². The van der Waals surface area contributed by atoms with E-state index in [1.165, 1.54) is 6.07 Å². The summed E-state index contributed by atoms with van der Waals surface area (Å²) < 4.78 is 0. The number of hydrogen-bond donors (Lipinski definition) is 1. The lowest BCUT2D eigenvalue weighted by molar-refractivity contribution is -0.385. The van der Waals surface area contributed by atoms with Crippen molar-refractivity contribution in [1.82, 2.24) is 4.90 Å². The first-order chi connectivity index (χ1) is 9.40. The molecule has 0 amide bonds. The standard InChI is InChI=1S/C13H15ClN2O4/c1-8-11(13(17)18)4-5-15(8)7-9-2-3-10(14)6-12(9)16(19)20/h2-3,6,8,11H,4-5,7H2,1H3,(H,17,18). The average Bonchev–Trinajstić information content (AvgIpc) is 2.73. The summed E-state index contributed by atoms with van der Waals surface area (Å²) in [6, 6.07) is 4.43. The topological polar surface area (TPSA) is 83.7 Å². The lowest BCUT2D eigenvalue weighted by Crippen LogP contribution is -2.32. The molecule has 2 atom stereocenters. The Balaban J connectivity index is 2.19. The van der Waals surface area contributed by atoms with Gasteiger partial charge in [-0.05, 0) is 32.0 Å². The minimum atomic E-state index is -0.814. The van der Waals surface area contributed by atoms with E-state index in [9.17, 15) is 14.9 Å². The third-order valence-electron chi connectivity index (χ3n) is 3.82. The van der Waals surface area contributed by atoms with E-state index < -0.39 is 16.8 Å². The molecule has 0 spiro atoms. The fraction of sp³-hybridized carbons (Fsp3) is 0.462. The molecule has 1 aliphatic heterocycles. The number of nitro benzene ring substituents is 1. The average molecular weight is 299 g/mol. The largest absolute Gasteiger partial charge is 0.481 e. The highest BCUT2D eigenvalue weighted by atomic mass is 35.5. The molecule has 0 aliphatic carbocycles. The van der Waals surface area contributed by atoms with Gasteiger partial charge >= 0.3 is 5.97 Å². The quantitative estimate of drug-likeness (QED) is 0.682. The summed E-state index contributed by atoms with van der Waals surface area (Å²) in [7, 11) is 0. The molecular weight excluding hydrogens is 284 g/mol. The molecule has 1 heterocycles. The van der Waals surface area contributed by atoms with Crippen LogP contribution in [0.3, 0.4) is 0 Å². The second kappa shape index (κ2) is 5.76. The van der Waals surface area contributed by atoms with Crippen LogP contribution in [-0.4, -0.2) is 33.5 Å². The van der Waals surface area contributed by atoms with Crippen molar-refractivity contribution in [3.63, 3.8) is 0 Å². The number of hydrogen-bond acceptors (Lipinski definition) is 4. The lowest BCUT2D eigenvalue weighted by Gasteiger charge is -2.22. The third kappa shape index (κ3) is 2.91. The van der Waals surface area contributed by atoms with Gasteiger partial charge in [0.2, 0.25) is 0 Å². The van der Waals surface area contributed by atoms with Crippen LogP contribution in [0.1, 0.15) is 18.9 Å². The van der Waals surface area contributed by atoms with Gasteiger partial charge in [0, 0.05) is 29.2 Å². The van der Waals surface area contributed by atoms with Crippen molar-refractivity contribution in [2.24, 2.45) is 5.92 Å². The number of benzene rings is 1. The second-order valence-electron chi connectivity index (χ2n) is 4.97. The lowest BCUT2D eigenvalue weighted by atomic mass is 10.0. The Kier molecular flexibility index (Phi) is 4.25. The smallest absolute Gasteiger partial charge is 0.308 e. The van der Waals surface area contributed by atoms with Gasteiger partial charge in [0.05, 0.1) is 10.8 Å². The number of nitrogens with zero attached hydrogens (tertiary/aromatic N) is 2. The number of carboxylic acid groups (broad SMARTS) is 1. The van der Waals surface area contributed by atoms with E-state index in [1.807, 2.05) is 11.8 Å². The van der Waals surface area contributed by atoms with Crippen LogP contribution < -0.4 is 0 Å². The van der Waals surface area contributed by atoms with Gasteiger partial charge in [-0.1, -0.05) is 11.6 Å². The minimum Gasteiger partial charge on any atom is -0.481 e. The molecule has 1 fully saturated rings. The monoisotopic (exact) mass is 298 g/mol. The van der Waals surface area contributed by atoms with Crippen molar-refractivity contribution >= 4 is 23.3 Å². The first-order valence-corrected chi connectivity index (χ1v) is 6.67. The zero-order valence-corrected chi connectivity index (χ0v) is 11.7. The van der Waals surface area contributed by atoms with E-state index in [-0.39, 0.29) is 11.7 Å². The van der Waals surface area contributed by atoms with Crippen LogP contribution in [-0.2, 0) is 11.3 Å². The molecule has 2 rings (SSSR count). The number of likely N-dealkylation sites (tertiary alicyclic amines) is 1. The van der Waals surface area contributed by atoms with Gasteiger partial charge in [-0.2, -0.15) is 0 Å². The zero-order valence-electron chi connectivity index (χ0n) is 11.0. The Hall–Kier alpha value is -1.66. The number of carbonyl (C=O) groups is 1. The molecule has 20 heavy (non-hydrogen) atoms. The zero-order chi connectivity index (χ0) is 14.9. The maximum Gasteiger partial charge on any atom is 0.308 e. The maximum absolute atomic E-state index is 11.1. The fourth-order valence-corrected chi connectivity index (χ4v) is 2.78. The van der Waals surface area contributed by atoms with Crippen molar-refractivity contribution in [3.05, 3.63) is 38.9 Å². The molecule has 1 saturated heterocycles. The van der Waals surface area contributed by atoms with Gasteiger partial charge in [0.1, 0.15) is 0 Å². The maximum atomic E-state index is 11.1. The van der Waals surface area contributed by atoms with Crippen LogP contribution >= 0.6 is 11.6 Å². The number of rotatable bonds is 4. The number of halogens is 1. The first kappa shape index (κ1) is 14.7. The second-order valence-corrected chi connectivity index (χ2v) is 5.41. The Morgan fingerprint density at radius 3 is 2.85 bits per heavy atom. The number of nitro groups is 1. The Morgan fingerprint density at radius 1 is 1.60 bits per heavy atom. The van der Waals surface area contributed by atoms with E-state index in [1.54, 1.807) is 12.1 Å². The molecule has 1 aliphatic rings. The van der Waals surface area contributed by atoms with Crippen molar-refractivity contribution in [3.8, 4) is 0 Å². The molecule has 1 N–H and O–H groups in total. The molecule has 1 aromatic carbocycles.